The molecule has 1 aliphatic rings. The van der Waals surface area contributed by atoms with Crippen LogP contribution in [0.5, 0.6) is 11.5 Å². The number of nitrogens with zero attached hydrogens (tertiary/aromatic N) is 1. The molecule has 1 saturated heterocycles. The van der Waals surface area contributed by atoms with Crippen molar-refractivity contribution in [1.29, 1.82) is 0 Å². The first kappa shape index (κ1) is 25.8. The smallest absolute Gasteiger partial charge is 0.345 e. The molecule has 0 atom stereocenters. The minimum absolute atomic E-state index is 0.150. The van der Waals surface area contributed by atoms with E-state index in [1.807, 2.05) is 32.0 Å². The molecule has 3 aromatic rings. The van der Waals surface area contributed by atoms with Gasteiger partial charge in [-0.05, 0) is 84.8 Å². The average Bonchev–Trinajstić information content (AvgIpc) is 3.09. The second-order valence-electron chi connectivity index (χ2n) is 8.03. The highest BCUT2D eigenvalue weighted by molar-refractivity contribution is 8.18. The highest BCUT2D eigenvalue weighted by atomic mass is 35.5. The van der Waals surface area contributed by atoms with E-state index in [1.165, 1.54) is 17.0 Å². The third-order valence-electron chi connectivity index (χ3n) is 5.33. The Morgan fingerprint density at radius 2 is 1.75 bits per heavy atom. The van der Waals surface area contributed by atoms with Crippen molar-refractivity contribution in [1.82, 2.24) is 4.90 Å². The second-order valence-corrected chi connectivity index (χ2v) is 9.87. The number of hydrogen-bond acceptors (Lipinski definition) is 6. The van der Waals surface area contributed by atoms with Crippen molar-refractivity contribution < 1.29 is 23.9 Å². The summed E-state index contributed by atoms with van der Waals surface area (Å²) in [6.45, 7) is 4.26. The van der Waals surface area contributed by atoms with E-state index in [-0.39, 0.29) is 34.9 Å². The van der Waals surface area contributed by atoms with Crippen molar-refractivity contribution in [3.05, 3.63) is 97.9 Å². The number of ether oxygens (including phenoxy) is 2. The highest BCUT2D eigenvalue weighted by Gasteiger charge is 2.34. The Bertz CT molecular complexity index is 1370. The lowest BCUT2D eigenvalue weighted by Gasteiger charge is -2.14. The van der Waals surface area contributed by atoms with Gasteiger partial charge >= 0.3 is 5.97 Å². The summed E-state index contributed by atoms with van der Waals surface area (Å²) in [4.78, 5) is 39.0. The van der Waals surface area contributed by atoms with Crippen molar-refractivity contribution in [3.8, 4) is 11.5 Å². The van der Waals surface area contributed by atoms with Crippen LogP contribution < -0.4 is 9.47 Å². The van der Waals surface area contributed by atoms with Gasteiger partial charge in [-0.3, -0.25) is 14.5 Å². The zero-order chi connectivity index (χ0) is 25.8. The standard InChI is InChI=1S/C27H21Cl2NO5S/c1-16-3-4-17(2)23(13-16)34-12-11-30-25(31)24(36-27(30)33)14-18-5-8-20(9-6-18)35-26(32)21-10-7-19(28)15-22(21)29/h3-10,13-15H,11-12H2,1-2H3/b24-14-. The maximum absolute atomic E-state index is 12.8. The van der Waals surface area contributed by atoms with E-state index in [0.717, 1.165) is 28.6 Å². The molecule has 184 valence electrons. The summed E-state index contributed by atoms with van der Waals surface area (Å²) in [5, 5.41) is 0.264. The summed E-state index contributed by atoms with van der Waals surface area (Å²) in [5.41, 5.74) is 2.93. The molecule has 1 aliphatic heterocycles. The van der Waals surface area contributed by atoms with E-state index in [4.69, 9.17) is 32.7 Å². The lowest BCUT2D eigenvalue weighted by atomic mass is 10.1. The Labute approximate surface area is 222 Å². The van der Waals surface area contributed by atoms with Gasteiger partial charge in [-0.2, -0.15) is 0 Å². The first-order valence-electron chi connectivity index (χ1n) is 10.9. The molecule has 9 heteroatoms. The SMILES string of the molecule is Cc1ccc(C)c(OCCN2C(=O)S/C(=C\c3ccc(OC(=O)c4ccc(Cl)cc4Cl)cc3)C2=O)c1. The van der Waals surface area contributed by atoms with Crippen LogP contribution in [0, 0.1) is 13.8 Å². The zero-order valence-electron chi connectivity index (χ0n) is 19.4. The number of carbonyl (C=O) groups excluding carboxylic acids is 3. The maximum atomic E-state index is 12.8. The average molecular weight is 542 g/mol. The number of esters is 1. The number of amides is 2. The fraction of sp³-hybridized carbons (Fsp3) is 0.148. The van der Waals surface area contributed by atoms with Gasteiger partial charge in [0.1, 0.15) is 18.1 Å². The van der Waals surface area contributed by atoms with E-state index in [9.17, 15) is 14.4 Å². The van der Waals surface area contributed by atoms with E-state index in [2.05, 4.69) is 0 Å². The Kier molecular flexibility index (Phi) is 8.04. The highest BCUT2D eigenvalue weighted by Crippen LogP contribution is 2.32. The van der Waals surface area contributed by atoms with E-state index in [1.54, 1.807) is 36.4 Å². The van der Waals surface area contributed by atoms with Crippen molar-refractivity contribution in [2.24, 2.45) is 0 Å². The number of hydrogen-bond donors (Lipinski definition) is 0. The lowest BCUT2D eigenvalue weighted by Crippen LogP contribution is -2.32. The van der Waals surface area contributed by atoms with Gasteiger partial charge in [-0.1, -0.05) is 47.5 Å². The number of benzene rings is 3. The van der Waals surface area contributed by atoms with Gasteiger partial charge < -0.3 is 9.47 Å². The Morgan fingerprint density at radius 3 is 2.47 bits per heavy atom. The normalized spacial score (nSPS) is 14.4. The summed E-state index contributed by atoms with van der Waals surface area (Å²) < 4.78 is 11.2. The predicted molar refractivity (Wildman–Crippen MR) is 142 cm³/mol. The molecule has 2 amide bonds. The molecule has 0 aliphatic carbocycles. The van der Waals surface area contributed by atoms with Crippen LogP contribution in [0.4, 0.5) is 4.79 Å². The molecule has 0 saturated carbocycles. The molecular weight excluding hydrogens is 521 g/mol. The van der Waals surface area contributed by atoms with Crippen LogP contribution in [-0.4, -0.2) is 35.2 Å². The van der Waals surface area contributed by atoms with Gasteiger partial charge in [0, 0.05) is 5.02 Å². The third-order valence-corrected chi connectivity index (χ3v) is 6.78. The largest absolute Gasteiger partial charge is 0.491 e. The molecule has 6 nitrogen and oxygen atoms in total. The molecule has 0 bridgehead atoms. The summed E-state index contributed by atoms with van der Waals surface area (Å²) in [6, 6.07) is 16.9. The summed E-state index contributed by atoms with van der Waals surface area (Å²) in [6.07, 6.45) is 1.62. The van der Waals surface area contributed by atoms with Crippen LogP contribution in [-0.2, 0) is 4.79 Å². The molecule has 36 heavy (non-hydrogen) atoms. The fourth-order valence-corrected chi connectivity index (χ4v) is 4.75. The molecule has 1 fully saturated rings. The van der Waals surface area contributed by atoms with E-state index >= 15 is 0 Å². The molecule has 0 N–H and O–H groups in total. The fourth-order valence-electron chi connectivity index (χ4n) is 3.40. The number of halogens is 2. The van der Waals surface area contributed by atoms with Crippen molar-refractivity contribution in [2.45, 2.75) is 13.8 Å². The minimum atomic E-state index is -0.617. The predicted octanol–water partition coefficient (Wildman–Crippen LogP) is 6.94. The van der Waals surface area contributed by atoms with Crippen LogP contribution in [0.15, 0.2) is 65.6 Å². The quantitative estimate of drug-likeness (QED) is 0.183. The third kappa shape index (κ3) is 6.10. The molecule has 1 heterocycles. The Balaban J connectivity index is 1.36. The van der Waals surface area contributed by atoms with E-state index < -0.39 is 5.97 Å². The van der Waals surface area contributed by atoms with Gasteiger partial charge in [0.15, 0.2) is 0 Å². The zero-order valence-corrected chi connectivity index (χ0v) is 21.7. The van der Waals surface area contributed by atoms with Gasteiger partial charge in [-0.15, -0.1) is 0 Å². The molecule has 0 unspecified atom stereocenters. The molecule has 4 rings (SSSR count). The minimum Gasteiger partial charge on any atom is -0.491 e. The van der Waals surface area contributed by atoms with Crippen molar-refractivity contribution in [3.63, 3.8) is 0 Å². The molecular formula is C27H21Cl2NO5S. The van der Waals surface area contributed by atoms with Gasteiger partial charge in [0.2, 0.25) is 0 Å². The second kappa shape index (κ2) is 11.2. The monoisotopic (exact) mass is 541 g/mol. The maximum Gasteiger partial charge on any atom is 0.345 e. The first-order valence-corrected chi connectivity index (χ1v) is 12.5. The summed E-state index contributed by atoms with van der Waals surface area (Å²) >= 11 is 12.8. The van der Waals surface area contributed by atoms with Crippen molar-refractivity contribution in [2.75, 3.05) is 13.2 Å². The number of carbonyl (C=O) groups is 3. The van der Waals surface area contributed by atoms with Crippen molar-refractivity contribution >= 4 is 58.2 Å². The molecule has 3 aromatic carbocycles. The first-order chi connectivity index (χ1) is 17.2. The Morgan fingerprint density at radius 1 is 1.00 bits per heavy atom. The summed E-state index contributed by atoms with van der Waals surface area (Å²) in [7, 11) is 0. The molecule has 0 aromatic heterocycles. The van der Waals surface area contributed by atoms with Crippen LogP contribution >= 0.6 is 35.0 Å². The number of rotatable bonds is 7. The van der Waals surface area contributed by atoms with Crippen LogP contribution in [0.3, 0.4) is 0 Å². The number of aryl methyl sites for hydroxylation is 2. The number of imide groups is 1. The summed E-state index contributed by atoms with van der Waals surface area (Å²) in [5.74, 6) is 0.0487. The van der Waals surface area contributed by atoms with Gasteiger partial charge in [0.25, 0.3) is 11.1 Å². The molecule has 0 spiro atoms. The van der Waals surface area contributed by atoms with Crippen LogP contribution in [0.1, 0.15) is 27.0 Å². The van der Waals surface area contributed by atoms with E-state index in [0.29, 0.717) is 21.2 Å². The lowest BCUT2D eigenvalue weighted by molar-refractivity contribution is -0.123. The van der Waals surface area contributed by atoms with Crippen LogP contribution in [0.25, 0.3) is 6.08 Å². The topological polar surface area (TPSA) is 72.9 Å². The molecule has 0 radical (unpaired) electrons. The number of thioether (sulfide) groups is 1. The van der Waals surface area contributed by atoms with Crippen LogP contribution in [0.2, 0.25) is 10.0 Å². The Hall–Kier alpha value is -3.26. The van der Waals surface area contributed by atoms with Gasteiger partial charge in [-0.25, -0.2) is 4.79 Å². The van der Waals surface area contributed by atoms with Gasteiger partial charge in [0.05, 0.1) is 22.0 Å².